The molecule has 0 aromatic heterocycles. The van der Waals surface area contributed by atoms with Crippen LogP contribution in [0, 0.1) is 0 Å². The van der Waals surface area contributed by atoms with E-state index >= 15 is 0 Å². The maximum absolute atomic E-state index is 3.89. The number of hydrogen-bond donors (Lipinski definition) is 0. The number of hydrogen-bond acceptors (Lipinski definition) is 1. The van der Waals surface area contributed by atoms with Crippen LogP contribution in [0.15, 0.2) is 17.8 Å². The molecule has 0 saturated carbocycles. The van der Waals surface area contributed by atoms with Gasteiger partial charge in [-0.05, 0) is 13.8 Å². The SMILES string of the molecule is C=C/N=C\N(C)C(C)(C)P. The Balaban J connectivity index is 3.96. The van der Waals surface area contributed by atoms with Crippen LogP contribution in [0.3, 0.4) is 0 Å². The van der Waals surface area contributed by atoms with Gasteiger partial charge in [0, 0.05) is 18.5 Å². The van der Waals surface area contributed by atoms with Gasteiger partial charge in [-0.1, -0.05) is 6.58 Å². The van der Waals surface area contributed by atoms with Crippen LogP contribution in [-0.2, 0) is 0 Å². The standard InChI is InChI=1S/C7H15N2P/c1-5-8-6-9(4)7(2,3)10/h5-6H,1,10H2,2-4H3/b8-6-. The van der Waals surface area contributed by atoms with E-state index in [4.69, 9.17) is 0 Å². The second kappa shape index (κ2) is 3.72. The fourth-order valence-corrected chi connectivity index (χ4v) is 0.363. The molecule has 2 nitrogen and oxygen atoms in total. The predicted octanol–water partition coefficient (Wildman–Crippen LogP) is 1.70. The van der Waals surface area contributed by atoms with Crippen molar-refractivity contribution in [3.05, 3.63) is 12.8 Å². The average Bonchev–Trinajstić information content (AvgIpc) is 1.80. The summed E-state index contributed by atoms with van der Waals surface area (Å²) >= 11 is 0. The minimum Gasteiger partial charge on any atom is -0.357 e. The first-order chi connectivity index (χ1) is 4.48. The molecule has 0 amide bonds. The molecule has 10 heavy (non-hydrogen) atoms. The Kier molecular flexibility index (Phi) is 3.59. The molecule has 0 rings (SSSR count). The van der Waals surface area contributed by atoms with Gasteiger partial charge in [0.15, 0.2) is 0 Å². The molecule has 0 aliphatic carbocycles. The van der Waals surface area contributed by atoms with Crippen molar-refractivity contribution in [2.75, 3.05) is 7.05 Å². The molecule has 1 unspecified atom stereocenters. The normalized spacial score (nSPS) is 12.0. The van der Waals surface area contributed by atoms with Crippen molar-refractivity contribution in [2.45, 2.75) is 19.1 Å². The lowest BCUT2D eigenvalue weighted by atomic mass is 10.3. The molecule has 0 aromatic carbocycles. The van der Waals surface area contributed by atoms with Gasteiger partial charge in [-0.15, -0.1) is 9.24 Å². The summed E-state index contributed by atoms with van der Waals surface area (Å²) in [5.41, 5.74) is 0. The van der Waals surface area contributed by atoms with E-state index in [1.807, 2.05) is 11.9 Å². The maximum atomic E-state index is 3.89. The van der Waals surface area contributed by atoms with Crippen molar-refractivity contribution < 1.29 is 0 Å². The molecule has 0 spiro atoms. The van der Waals surface area contributed by atoms with Crippen LogP contribution in [0.1, 0.15) is 13.8 Å². The quantitative estimate of drug-likeness (QED) is 0.347. The summed E-state index contributed by atoms with van der Waals surface area (Å²) in [6.07, 6.45) is 3.27. The molecule has 3 heteroatoms. The van der Waals surface area contributed by atoms with Gasteiger partial charge in [-0.3, -0.25) is 0 Å². The van der Waals surface area contributed by atoms with Crippen molar-refractivity contribution in [2.24, 2.45) is 4.99 Å². The third kappa shape index (κ3) is 3.62. The van der Waals surface area contributed by atoms with Crippen LogP contribution in [0.4, 0.5) is 0 Å². The fraction of sp³-hybridized carbons (Fsp3) is 0.571. The summed E-state index contributed by atoms with van der Waals surface area (Å²) < 4.78 is 0. The van der Waals surface area contributed by atoms with Crippen LogP contribution in [0.25, 0.3) is 0 Å². The summed E-state index contributed by atoms with van der Waals surface area (Å²) in [5.74, 6) is 0. The third-order valence-electron chi connectivity index (χ3n) is 1.25. The van der Waals surface area contributed by atoms with Crippen LogP contribution in [0.5, 0.6) is 0 Å². The zero-order valence-electron chi connectivity index (χ0n) is 6.83. The Morgan fingerprint density at radius 3 is 2.40 bits per heavy atom. The lowest BCUT2D eigenvalue weighted by molar-refractivity contribution is 0.386. The molecule has 58 valence electrons. The molecule has 0 aliphatic heterocycles. The van der Waals surface area contributed by atoms with Gasteiger partial charge in [0.25, 0.3) is 0 Å². The Hall–Kier alpha value is -0.360. The van der Waals surface area contributed by atoms with Gasteiger partial charge in [-0.25, -0.2) is 4.99 Å². The molecule has 0 aliphatic rings. The Bertz CT molecular complexity index is 135. The summed E-state index contributed by atoms with van der Waals surface area (Å²) in [4.78, 5) is 5.89. The van der Waals surface area contributed by atoms with Crippen molar-refractivity contribution in [3.8, 4) is 0 Å². The molecular weight excluding hydrogens is 143 g/mol. The van der Waals surface area contributed by atoms with Crippen LogP contribution >= 0.6 is 9.24 Å². The number of aliphatic imine (C=N–C) groups is 1. The first-order valence-corrected chi connectivity index (χ1v) is 3.72. The highest BCUT2D eigenvalue weighted by Gasteiger charge is 2.12. The van der Waals surface area contributed by atoms with E-state index < -0.39 is 0 Å². The molecule has 0 radical (unpaired) electrons. The highest BCUT2D eigenvalue weighted by Crippen LogP contribution is 2.18. The van der Waals surface area contributed by atoms with Gasteiger partial charge >= 0.3 is 0 Å². The van der Waals surface area contributed by atoms with Crippen LogP contribution in [-0.4, -0.2) is 23.6 Å². The van der Waals surface area contributed by atoms with E-state index in [2.05, 4.69) is 34.7 Å². The maximum Gasteiger partial charge on any atom is 0.0909 e. The predicted molar refractivity (Wildman–Crippen MR) is 50.2 cm³/mol. The Labute approximate surface area is 65.2 Å². The fourth-order valence-electron chi connectivity index (χ4n) is 0.296. The van der Waals surface area contributed by atoms with Crippen LogP contribution < -0.4 is 0 Å². The molecule has 1 atom stereocenters. The third-order valence-corrected chi connectivity index (χ3v) is 1.66. The van der Waals surface area contributed by atoms with E-state index in [0.29, 0.717) is 0 Å². The van der Waals surface area contributed by atoms with Crippen LogP contribution in [0.2, 0.25) is 0 Å². The Morgan fingerprint density at radius 1 is 1.60 bits per heavy atom. The van der Waals surface area contributed by atoms with E-state index in [1.54, 1.807) is 6.34 Å². The van der Waals surface area contributed by atoms with Crippen molar-refractivity contribution >= 4 is 15.6 Å². The minimum atomic E-state index is 0.0620. The smallest absolute Gasteiger partial charge is 0.0909 e. The van der Waals surface area contributed by atoms with Gasteiger partial charge in [0.1, 0.15) is 0 Å². The zero-order chi connectivity index (χ0) is 8.20. The van der Waals surface area contributed by atoms with Gasteiger partial charge in [0.2, 0.25) is 0 Å². The molecule has 0 bridgehead atoms. The lowest BCUT2D eigenvalue weighted by Crippen LogP contribution is -2.33. The summed E-state index contributed by atoms with van der Waals surface area (Å²) in [7, 11) is 4.70. The largest absolute Gasteiger partial charge is 0.357 e. The number of rotatable bonds is 3. The van der Waals surface area contributed by atoms with Gasteiger partial charge in [-0.2, -0.15) is 0 Å². The molecule has 0 fully saturated rings. The molecule has 0 saturated heterocycles. The van der Waals surface area contributed by atoms with Gasteiger partial charge < -0.3 is 4.90 Å². The molecule has 0 heterocycles. The first kappa shape index (κ1) is 9.64. The second-order valence-corrected chi connectivity index (χ2v) is 4.12. The molecule has 0 N–H and O–H groups in total. The first-order valence-electron chi connectivity index (χ1n) is 3.14. The number of nitrogens with zero attached hydrogens (tertiary/aromatic N) is 2. The summed E-state index contributed by atoms with van der Waals surface area (Å²) in [6.45, 7) is 7.66. The summed E-state index contributed by atoms with van der Waals surface area (Å²) in [5, 5.41) is 0.0620. The lowest BCUT2D eigenvalue weighted by Gasteiger charge is -2.29. The minimum absolute atomic E-state index is 0.0620. The zero-order valence-corrected chi connectivity index (χ0v) is 7.99. The highest BCUT2D eigenvalue weighted by atomic mass is 31.0. The monoisotopic (exact) mass is 158 g/mol. The van der Waals surface area contributed by atoms with E-state index in [0.717, 1.165) is 0 Å². The topological polar surface area (TPSA) is 15.6 Å². The highest BCUT2D eigenvalue weighted by molar-refractivity contribution is 7.18. The molecular formula is C7H15N2P. The second-order valence-electron chi connectivity index (χ2n) is 2.71. The molecule has 0 aromatic rings. The van der Waals surface area contributed by atoms with Gasteiger partial charge in [0.05, 0.1) is 6.34 Å². The van der Waals surface area contributed by atoms with Crippen molar-refractivity contribution in [1.82, 2.24) is 4.90 Å². The van der Waals surface area contributed by atoms with E-state index in [-0.39, 0.29) is 5.28 Å². The summed E-state index contributed by atoms with van der Waals surface area (Å²) in [6, 6.07) is 0. The van der Waals surface area contributed by atoms with E-state index in [1.165, 1.54) is 6.20 Å². The average molecular weight is 158 g/mol. The van der Waals surface area contributed by atoms with Crippen molar-refractivity contribution in [3.63, 3.8) is 0 Å². The Morgan fingerprint density at radius 2 is 2.10 bits per heavy atom. The van der Waals surface area contributed by atoms with Crippen molar-refractivity contribution in [1.29, 1.82) is 0 Å². The van der Waals surface area contributed by atoms with E-state index in [9.17, 15) is 0 Å².